The van der Waals surface area contributed by atoms with Gasteiger partial charge in [0.05, 0.1) is 18.6 Å². The Bertz CT molecular complexity index is 672. The van der Waals surface area contributed by atoms with Gasteiger partial charge in [-0.25, -0.2) is 13.2 Å². The lowest BCUT2D eigenvalue weighted by molar-refractivity contribution is 0.134. The van der Waals surface area contributed by atoms with Gasteiger partial charge in [0.2, 0.25) is 0 Å². The van der Waals surface area contributed by atoms with Crippen LogP contribution in [0.25, 0.3) is 0 Å². The number of hydrogen-bond acceptors (Lipinski definition) is 1. The fourth-order valence-electron chi connectivity index (χ4n) is 2.26. The molecule has 0 radical (unpaired) electrons. The normalized spacial score (nSPS) is 15.2. The SMILES string of the molecule is Fc1cc(F)c(C(Cl)c2ccc3c(c2)COC3)cc1F. The highest BCUT2D eigenvalue weighted by molar-refractivity contribution is 6.22. The maximum atomic E-state index is 13.7. The number of alkyl halides is 1. The van der Waals surface area contributed by atoms with Crippen molar-refractivity contribution in [2.75, 3.05) is 0 Å². The van der Waals surface area contributed by atoms with Crippen molar-refractivity contribution >= 4 is 11.6 Å². The monoisotopic (exact) mass is 298 g/mol. The van der Waals surface area contributed by atoms with Gasteiger partial charge in [0.15, 0.2) is 11.6 Å². The summed E-state index contributed by atoms with van der Waals surface area (Å²) in [7, 11) is 0. The van der Waals surface area contributed by atoms with Crippen LogP contribution >= 0.6 is 11.6 Å². The summed E-state index contributed by atoms with van der Waals surface area (Å²) in [6.07, 6.45) is 0. The molecule has 104 valence electrons. The summed E-state index contributed by atoms with van der Waals surface area (Å²) >= 11 is 6.19. The second kappa shape index (κ2) is 5.11. The highest BCUT2D eigenvalue weighted by Crippen LogP contribution is 2.34. The summed E-state index contributed by atoms with van der Waals surface area (Å²) in [6.45, 7) is 1.02. The van der Waals surface area contributed by atoms with Gasteiger partial charge in [0.1, 0.15) is 5.82 Å². The van der Waals surface area contributed by atoms with Crippen LogP contribution in [0.3, 0.4) is 0 Å². The van der Waals surface area contributed by atoms with Crippen molar-refractivity contribution in [1.29, 1.82) is 0 Å². The first-order valence-electron chi connectivity index (χ1n) is 6.04. The fourth-order valence-corrected chi connectivity index (χ4v) is 2.56. The number of ether oxygens (including phenoxy) is 1. The molecule has 0 N–H and O–H groups in total. The Kier molecular flexibility index (Phi) is 3.44. The summed E-state index contributed by atoms with van der Waals surface area (Å²) in [5, 5.41) is -0.879. The molecular weight excluding hydrogens is 289 g/mol. The van der Waals surface area contributed by atoms with Crippen molar-refractivity contribution in [2.24, 2.45) is 0 Å². The van der Waals surface area contributed by atoms with Crippen molar-refractivity contribution in [3.8, 4) is 0 Å². The van der Waals surface area contributed by atoms with Crippen molar-refractivity contribution in [2.45, 2.75) is 18.6 Å². The molecule has 20 heavy (non-hydrogen) atoms. The molecule has 1 nitrogen and oxygen atoms in total. The second-order valence-corrected chi connectivity index (χ2v) is 5.11. The zero-order chi connectivity index (χ0) is 14.3. The van der Waals surface area contributed by atoms with Crippen LogP contribution in [0.5, 0.6) is 0 Å². The van der Waals surface area contributed by atoms with E-state index < -0.39 is 22.8 Å². The van der Waals surface area contributed by atoms with Crippen molar-refractivity contribution in [3.05, 3.63) is 70.0 Å². The summed E-state index contributed by atoms with van der Waals surface area (Å²) in [6, 6.07) is 6.71. The number of hydrogen-bond donors (Lipinski definition) is 0. The minimum atomic E-state index is -1.22. The van der Waals surface area contributed by atoms with Gasteiger partial charge in [-0.1, -0.05) is 18.2 Å². The van der Waals surface area contributed by atoms with Crippen molar-refractivity contribution in [3.63, 3.8) is 0 Å². The van der Waals surface area contributed by atoms with Crippen LogP contribution in [0.4, 0.5) is 13.2 Å². The third-order valence-electron chi connectivity index (χ3n) is 3.35. The van der Waals surface area contributed by atoms with Gasteiger partial charge >= 0.3 is 0 Å². The molecule has 2 aromatic rings. The average Bonchev–Trinajstić information content (AvgIpc) is 2.89. The van der Waals surface area contributed by atoms with Crippen LogP contribution in [0.15, 0.2) is 30.3 Å². The molecule has 0 aliphatic carbocycles. The molecule has 1 aliphatic rings. The molecule has 0 fully saturated rings. The molecule has 1 heterocycles. The van der Waals surface area contributed by atoms with Crippen LogP contribution < -0.4 is 0 Å². The quantitative estimate of drug-likeness (QED) is 0.587. The first-order chi connectivity index (χ1) is 9.56. The number of halogens is 4. The molecule has 0 spiro atoms. The molecule has 5 heteroatoms. The van der Waals surface area contributed by atoms with Gasteiger partial charge < -0.3 is 4.74 Å². The summed E-state index contributed by atoms with van der Waals surface area (Å²) in [5.41, 5.74) is 2.59. The molecule has 0 bridgehead atoms. The lowest BCUT2D eigenvalue weighted by Gasteiger charge is -2.13. The molecule has 2 aromatic carbocycles. The van der Waals surface area contributed by atoms with Gasteiger partial charge in [-0.15, -0.1) is 11.6 Å². The van der Waals surface area contributed by atoms with Gasteiger partial charge in [0.25, 0.3) is 0 Å². The molecule has 3 rings (SSSR count). The zero-order valence-electron chi connectivity index (χ0n) is 10.3. The lowest BCUT2D eigenvalue weighted by Crippen LogP contribution is -2.01. The van der Waals surface area contributed by atoms with Crippen LogP contribution in [-0.2, 0) is 18.0 Å². The molecular formula is C15H10ClF3O. The van der Waals surface area contributed by atoms with Crippen LogP contribution in [0.2, 0.25) is 0 Å². The fraction of sp³-hybridized carbons (Fsp3) is 0.200. The summed E-state index contributed by atoms with van der Waals surface area (Å²) in [4.78, 5) is 0. The van der Waals surface area contributed by atoms with E-state index in [4.69, 9.17) is 16.3 Å². The third-order valence-corrected chi connectivity index (χ3v) is 3.84. The molecule has 0 saturated carbocycles. The standard InChI is InChI=1S/C15H10ClF3O/c16-15(11-4-13(18)14(19)5-12(11)17)8-1-2-9-6-20-7-10(9)3-8/h1-5,15H,6-7H2. The van der Waals surface area contributed by atoms with E-state index in [1.54, 1.807) is 12.1 Å². The minimum absolute atomic E-state index is 0.0792. The summed E-state index contributed by atoms with van der Waals surface area (Å²) in [5.74, 6) is -3.20. The Labute approximate surface area is 118 Å². The van der Waals surface area contributed by atoms with Crippen LogP contribution in [0.1, 0.15) is 27.6 Å². The van der Waals surface area contributed by atoms with Gasteiger partial charge in [-0.3, -0.25) is 0 Å². The van der Waals surface area contributed by atoms with Gasteiger partial charge in [-0.2, -0.15) is 0 Å². The lowest BCUT2D eigenvalue weighted by atomic mass is 9.99. The third kappa shape index (κ3) is 2.30. The largest absolute Gasteiger partial charge is 0.372 e. The first kappa shape index (κ1) is 13.5. The predicted molar refractivity (Wildman–Crippen MR) is 68.9 cm³/mol. The van der Waals surface area contributed by atoms with E-state index in [0.717, 1.165) is 17.2 Å². The Morgan fingerprint density at radius 1 is 0.900 bits per heavy atom. The molecule has 0 aromatic heterocycles. The van der Waals surface area contributed by atoms with E-state index >= 15 is 0 Å². The zero-order valence-corrected chi connectivity index (χ0v) is 11.1. The van der Waals surface area contributed by atoms with Crippen LogP contribution in [-0.4, -0.2) is 0 Å². The van der Waals surface area contributed by atoms with Gasteiger partial charge in [0, 0.05) is 11.6 Å². The smallest absolute Gasteiger partial charge is 0.161 e. The molecule has 1 aliphatic heterocycles. The van der Waals surface area contributed by atoms with E-state index in [-0.39, 0.29) is 5.56 Å². The van der Waals surface area contributed by atoms with Crippen molar-refractivity contribution in [1.82, 2.24) is 0 Å². The molecule has 0 amide bonds. The topological polar surface area (TPSA) is 9.23 Å². The number of rotatable bonds is 2. The van der Waals surface area contributed by atoms with E-state index in [1.165, 1.54) is 0 Å². The highest BCUT2D eigenvalue weighted by atomic mass is 35.5. The molecule has 1 atom stereocenters. The minimum Gasteiger partial charge on any atom is -0.372 e. The van der Waals surface area contributed by atoms with Gasteiger partial charge in [-0.05, 0) is 22.8 Å². The van der Waals surface area contributed by atoms with Crippen molar-refractivity contribution < 1.29 is 17.9 Å². The average molecular weight is 299 g/mol. The predicted octanol–water partition coefficient (Wildman–Crippen LogP) is 4.46. The molecule has 0 saturated heterocycles. The molecule has 1 unspecified atom stereocenters. The summed E-state index contributed by atoms with van der Waals surface area (Å²) < 4.78 is 45.2. The Morgan fingerprint density at radius 2 is 1.60 bits per heavy atom. The number of benzene rings is 2. The van der Waals surface area contributed by atoms with E-state index in [9.17, 15) is 13.2 Å². The van der Waals surface area contributed by atoms with E-state index in [1.807, 2.05) is 6.07 Å². The maximum absolute atomic E-state index is 13.7. The second-order valence-electron chi connectivity index (χ2n) is 4.67. The maximum Gasteiger partial charge on any atom is 0.161 e. The highest BCUT2D eigenvalue weighted by Gasteiger charge is 2.20. The first-order valence-corrected chi connectivity index (χ1v) is 6.48. The Morgan fingerprint density at radius 3 is 2.40 bits per heavy atom. The van der Waals surface area contributed by atoms with E-state index in [0.29, 0.717) is 24.8 Å². The van der Waals surface area contributed by atoms with E-state index in [2.05, 4.69) is 0 Å². The Hall–Kier alpha value is -1.52. The Balaban J connectivity index is 2.00. The van der Waals surface area contributed by atoms with Crippen LogP contribution in [0, 0.1) is 17.5 Å². The number of fused-ring (bicyclic) bond motifs is 1.